The van der Waals surface area contributed by atoms with Gasteiger partial charge in [-0.3, -0.25) is 9.36 Å². The molecule has 0 N–H and O–H groups in total. The van der Waals surface area contributed by atoms with Crippen molar-refractivity contribution in [2.75, 3.05) is 0 Å². The van der Waals surface area contributed by atoms with Gasteiger partial charge < -0.3 is 0 Å². The molecule has 0 saturated heterocycles. The molecule has 0 aliphatic rings. The normalized spacial score (nSPS) is 11.8. The van der Waals surface area contributed by atoms with E-state index in [0.717, 1.165) is 28.6 Å². The molecule has 3 heterocycles. The average molecular weight is 444 g/mol. The van der Waals surface area contributed by atoms with Crippen LogP contribution in [-0.4, -0.2) is 30.4 Å². The Morgan fingerprint density at radius 2 is 1.47 bits per heavy atom. The maximum atomic E-state index is 13.6. The lowest BCUT2D eigenvalue weighted by atomic mass is 10.1. The number of hydrogen-bond acceptors (Lipinski definition) is 5. The number of aromatic nitrogens is 5. The van der Waals surface area contributed by atoms with E-state index >= 15 is 0 Å². The highest BCUT2D eigenvalue weighted by atomic mass is 16.1. The molecule has 0 saturated carbocycles. The van der Waals surface area contributed by atoms with Gasteiger partial charge in [0, 0.05) is 6.54 Å². The molecule has 0 aliphatic heterocycles. The van der Waals surface area contributed by atoms with Gasteiger partial charge >= 0.3 is 0 Å². The number of para-hydroxylation sites is 2. The van der Waals surface area contributed by atoms with Gasteiger partial charge in [0.15, 0.2) is 11.3 Å². The minimum Gasteiger partial charge on any atom is -0.298 e. The maximum absolute atomic E-state index is 13.6. The Bertz CT molecular complexity index is 1720. The second-order valence-electron chi connectivity index (χ2n) is 8.03. The van der Waals surface area contributed by atoms with E-state index in [1.165, 1.54) is 0 Å². The first-order valence-corrected chi connectivity index (χ1v) is 11.1. The molecule has 0 fully saturated rings. The Labute approximate surface area is 194 Å². The maximum Gasteiger partial charge on any atom is 0.265 e. The van der Waals surface area contributed by atoms with E-state index in [1.807, 2.05) is 72.8 Å². The molecular weight excluding hydrogens is 424 g/mol. The molecule has 0 unspecified atom stereocenters. The molecule has 0 atom stereocenters. The van der Waals surface area contributed by atoms with E-state index in [-0.39, 0.29) is 5.56 Å². The summed E-state index contributed by atoms with van der Waals surface area (Å²) >= 11 is 0. The predicted octanol–water partition coefficient (Wildman–Crippen LogP) is 4.42. The van der Waals surface area contributed by atoms with Gasteiger partial charge in [-0.25, -0.2) is 15.0 Å². The van der Waals surface area contributed by atoms with Crippen molar-refractivity contribution in [1.29, 1.82) is 0 Å². The SMILES string of the molecule is O=c1c2c3nc4ccccc4nc3n(/N=C/c3ccccc3)c2ncn1CCc1ccccc1. The Morgan fingerprint density at radius 1 is 0.794 bits per heavy atom. The minimum absolute atomic E-state index is 0.149. The zero-order chi connectivity index (χ0) is 22.9. The van der Waals surface area contributed by atoms with Crippen molar-refractivity contribution >= 4 is 39.4 Å². The van der Waals surface area contributed by atoms with Crippen molar-refractivity contribution in [3.63, 3.8) is 0 Å². The molecule has 0 amide bonds. The fourth-order valence-electron chi connectivity index (χ4n) is 4.08. The van der Waals surface area contributed by atoms with E-state index < -0.39 is 0 Å². The molecule has 7 heteroatoms. The quantitative estimate of drug-likeness (QED) is 0.369. The summed E-state index contributed by atoms with van der Waals surface area (Å²) in [5.41, 5.74) is 4.86. The zero-order valence-electron chi connectivity index (χ0n) is 18.2. The smallest absolute Gasteiger partial charge is 0.265 e. The Balaban J connectivity index is 1.55. The molecular formula is C27H20N6O. The molecule has 0 bridgehead atoms. The van der Waals surface area contributed by atoms with Crippen molar-refractivity contribution in [2.24, 2.45) is 5.10 Å². The monoisotopic (exact) mass is 444 g/mol. The van der Waals surface area contributed by atoms with Crippen LogP contribution in [0.15, 0.2) is 101 Å². The first-order valence-electron chi connectivity index (χ1n) is 11.1. The van der Waals surface area contributed by atoms with Crippen LogP contribution in [0.3, 0.4) is 0 Å². The average Bonchev–Trinajstić information content (AvgIpc) is 3.20. The number of hydrogen-bond donors (Lipinski definition) is 0. The summed E-state index contributed by atoms with van der Waals surface area (Å²) in [5, 5.41) is 5.07. The van der Waals surface area contributed by atoms with Gasteiger partial charge in [0.2, 0.25) is 0 Å². The highest BCUT2D eigenvalue weighted by Gasteiger charge is 2.19. The molecule has 0 radical (unpaired) electrons. The fourth-order valence-corrected chi connectivity index (χ4v) is 4.08. The topological polar surface area (TPSA) is 78.0 Å². The number of aryl methyl sites for hydroxylation is 2. The van der Waals surface area contributed by atoms with Gasteiger partial charge in [-0.05, 0) is 29.7 Å². The number of benzene rings is 3. The summed E-state index contributed by atoms with van der Waals surface area (Å²) in [7, 11) is 0. The Hall–Kier alpha value is -4.65. The number of fused-ring (bicyclic) bond motifs is 4. The highest BCUT2D eigenvalue weighted by molar-refractivity contribution is 6.04. The third kappa shape index (κ3) is 3.53. The van der Waals surface area contributed by atoms with Gasteiger partial charge in [0.1, 0.15) is 10.9 Å². The number of nitrogens with zero attached hydrogens (tertiary/aromatic N) is 6. The summed E-state index contributed by atoms with van der Waals surface area (Å²) in [6, 6.07) is 27.5. The van der Waals surface area contributed by atoms with Crippen molar-refractivity contribution in [3.8, 4) is 0 Å². The molecule has 0 aliphatic carbocycles. The largest absolute Gasteiger partial charge is 0.298 e. The summed E-state index contributed by atoms with van der Waals surface area (Å²) in [4.78, 5) is 27.8. The first kappa shape index (κ1) is 20.0. The molecule has 6 aromatic rings. The van der Waals surface area contributed by atoms with Crippen LogP contribution in [0.4, 0.5) is 0 Å². The zero-order valence-corrected chi connectivity index (χ0v) is 18.2. The third-order valence-electron chi connectivity index (χ3n) is 5.81. The molecule has 0 spiro atoms. The van der Waals surface area contributed by atoms with E-state index in [0.29, 0.717) is 28.7 Å². The molecule has 34 heavy (non-hydrogen) atoms. The summed E-state index contributed by atoms with van der Waals surface area (Å²) in [5.74, 6) is 0. The van der Waals surface area contributed by atoms with Crippen LogP contribution in [0.5, 0.6) is 0 Å². The van der Waals surface area contributed by atoms with Gasteiger partial charge in [-0.1, -0.05) is 72.8 Å². The summed E-state index contributed by atoms with van der Waals surface area (Å²) in [6.45, 7) is 0.521. The van der Waals surface area contributed by atoms with Crippen molar-refractivity contribution in [2.45, 2.75) is 13.0 Å². The predicted molar refractivity (Wildman–Crippen MR) is 134 cm³/mol. The first-order chi connectivity index (χ1) is 16.8. The highest BCUT2D eigenvalue weighted by Crippen LogP contribution is 2.24. The summed E-state index contributed by atoms with van der Waals surface area (Å²) < 4.78 is 3.25. The van der Waals surface area contributed by atoms with Crippen LogP contribution in [-0.2, 0) is 13.0 Å². The van der Waals surface area contributed by atoms with Crippen LogP contribution < -0.4 is 5.56 Å². The lowest BCUT2D eigenvalue weighted by Crippen LogP contribution is -2.21. The molecule has 164 valence electrons. The van der Waals surface area contributed by atoms with Crippen LogP contribution in [0, 0.1) is 0 Å². The van der Waals surface area contributed by atoms with E-state index in [9.17, 15) is 4.79 Å². The lowest BCUT2D eigenvalue weighted by Gasteiger charge is -2.05. The van der Waals surface area contributed by atoms with Crippen LogP contribution >= 0.6 is 0 Å². The van der Waals surface area contributed by atoms with Gasteiger partial charge in [0.05, 0.1) is 23.6 Å². The second kappa shape index (κ2) is 8.37. The van der Waals surface area contributed by atoms with Crippen LogP contribution in [0.2, 0.25) is 0 Å². The number of rotatable bonds is 5. The minimum atomic E-state index is -0.149. The summed E-state index contributed by atoms with van der Waals surface area (Å²) in [6.07, 6.45) is 4.05. The van der Waals surface area contributed by atoms with Crippen LogP contribution in [0.25, 0.3) is 33.2 Å². The molecule has 7 nitrogen and oxygen atoms in total. The molecule has 6 rings (SSSR count). The van der Waals surface area contributed by atoms with Crippen LogP contribution in [0.1, 0.15) is 11.1 Å². The van der Waals surface area contributed by atoms with E-state index in [2.05, 4.69) is 22.2 Å². The van der Waals surface area contributed by atoms with Gasteiger partial charge in [0.25, 0.3) is 5.56 Å². The molecule has 3 aromatic heterocycles. The second-order valence-corrected chi connectivity index (χ2v) is 8.03. The lowest BCUT2D eigenvalue weighted by molar-refractivity contribution is 0.661. The molecule has 3 aromatic carbocycles. The van der Waals surface area contributed by atoms with Crippen molar-refractivity contribution in [3.05, 3.63) is 113 Å². The van der Waals surface area contributed by atoms with E-state index in [4.69, 9.17) is 9.97 Å². The Kier molecular flexibility index (Phi) is 4.92. The van der Waals surface area contributed by atoms with Crippen molar-refractivity contribution in [1.82, 2.24) is 24.2 Å². The fraction of sp³-hybridized carbons (Fsp3) is 0.0741. The van der Waals surface area contributed by atoms with E-state index in [1.54, 1.807) is 21.8 Å². The van der Waals surface area contributed by atoms with Gasteiger partial charge in [-0.15, -0.1) is 0 Å². The standard InChI is InChI=1S/C27H20N6O/c34-27-23-24-26(31-22-14-8-7-13-21(22)30-24)33(29-17-20-11-5-2-6-12-20)25(23)28-18-32(27)16-15-19-9-3-1-4-10-19/h1-14,17-18H,15-16H2/b29-17+. The van der Waals surface area contributed by atoms with Crippen molar-refractivity contribution < 1.29 is 0 Å². The third-order valence-corrected chi connectivity index (χ3v) is 5.81. The Morgan fingerprint density at radius 3 is 2.24 bits per heavy atom. The van der Waals surface area contributed by atoms with Gasteiger partial charge in [-0.2, -0.15) is 9.78 Å².